The molecule has 0 amide bonds. The molecule has 0 aliphatic carbocycles. The van der Waals surface area contributed by atoms with E-state index >= 15 is 0 Å². The third-order valence-electron chi connectivity index (χ3n) is 2.42. The Hall–Kier alpha value is -0.940. The van der Waals surface area contributed by atoms with Crippen molar-refractivity contribution >= 4 is 9.84 Å². The van der Waals surface area contributed by atoms with Crippen molar-refractivity contribution in [3.63, 3.8) is 0 Å². The number of rotatable bonds is 1. The van der Waals surface area contributed by atoms with Crippen LogP contribution in [0.25, 0.3) is 0 Å². The molecule has 5 heteroatoms. The maximum atomic E-state index is 12.9. The summed E-state index contributed by atoms with van der Waals surface area (Å²) in [7, 11) is -1.55. The molecule has 76 valence electrons. The Morgan fingerprint density at radius 1 is 1.50 bits per heavy atom. The summed E-state index contributed by atoms with van der Waals surface area (Å²) in [5.74, 6) is -0.386. The zero-order valence-electron chi connectivity index (χ0n) is 7.62. The molecule has 1 aromatic carbocycles. The summed E-state index contributed by atoms with van der Waals surface area (Å²) >= 11 is 0. The van der Waals surface area contributed by atoms with Crippen LogP contribution in [0.5, 0.6) is 0 Å². The number of hydrogen-bond donors (Lipinski definition) is 1. The molecule has 0 radical (unpaired) electrons. The summed E-state index contributed by atoms with van der Waals surface area (Å²) in [5, 5.41) is 2.86. The normalized spacial score (nSPS) is 23.4. The van der Waals surface area contributed by atoms with Crippen molar-refractivity contribution in [2.24, 2.45) is 0 Å². The first-order chi connectivity index (χ1) is 6.54. The molecule has 0 saturated carbocycles. The molecule has 0 bridgehead atoms. The minimum absolute atomic E-state index is 0.0162. The highest BCUT2D eigenvalue weighted by Gasteiger charge is 2.33. The predicted octanol–water partition coefficient (Wildman–Crippen LogP) is 0.873. The highest BCUT2D eigenvalue weighted by atomic mass is 32.2. The summed E-state index contributed by atoms with van der Waals surface area (Å²) in [6.07, 6.45) is 0. The Labute approximate surface area is 81.9 Å². The van der Waals surface area contributed by atoms with Gasteiger partial charge in [0, 0.05) is 6.04 Å². The quantitative estimate of drug-likeness (QED) is 0.707. The number of benzene rings is 1. The number of hydrogen-bond acceptors (Lipinski definition) is 3. The lowest BCUT2D eigenvalue weighted by Gasteiger charge is -2.06. The smallest absolute Gasteiger partial charge is 0.180 e. The van der Waals surface area contributed by atoms with E-state index in [0.717, 1.165) is 0 Å². The SMILES string of the molecule is CNC1CS(=O)(=O)c2ccc(F)cc21. The largest absolute Gasteiger partial charge is 0.312 e. The molecule has 14 heavy (non-hydrogen) atoms. The van der Waals surface area contributed by atoms with E-state index in [-0.39, 0.29) is 16.7 Å². The lowest BCUT2D eigenvalue weighted by atomic mass is 10.1. The van der Waals surface area contributed by atoms with Crippen molar-refractivity contribution in [1.29, 1.82) is 0 Å². The topological polar surface area (TPSA) is 46.2 Å². The molecule has 0 saturated heterocycles. The van der Waals surface area contributed by atoms with E-state index in [0.29, 0.717) is 5.56 Å². The van der Waals surface area contributed by atoms with Crippen molar-refractivity contribution < 1.29 is 12.8 Å². The van der Waals surface area contributed by atoms with Crippen LogP contribution < -0.4 is 5.32 Å². The molecule has 1 heterocycles. The minimum Gasteiger partial charge on any atom is -0.312 e. The van der Waals surface area contributed by atoms with Gasteiger partial charge in [-0.2, -0.15) is 0 Å². The van der Waals surface area contributed by atoms with Crippen LogP contribution >= 0.6 is 0 Å². The van der Waals surface area contributed by atoms with Crippen LogP contribution in [-0.2, 0) is 9.84 Å². The van der Waals surface area contributed by atoms with Gasteiger partial charge < -0.3 is 5.32 Å². The lowest BCUT2D eigenvalue weighted by molar-refractivity contribution is 0.590. The second-order valence-corrected chi connectivity index (χ2v) is 5.31. The van der Waals surface area contributed by atoms with Crippen LogP contribution in [0.3, 0.4) is 0 Å². The Morgan fingerprint density at radius 2 is 2.21 bits per heavy atom. The molecule has 1 aliphatic heterocycles. The van der Waals surface area contributed by atoms with Crippen molar-refractivity contribution in [3.05, 3.63) is 29.6 Å². The third-order valence-corrected chi connectivity index (χ3v) is 4.23. The van der Waals surface area contributed by atoms with Gasteiger partial charge in [-0.05, 0) is 30.8 Å². The van der Waals surface area contributed by atoms with Gasteiger partial charge in [0.1, 0.15) is 5.82 Å². The van der Waals surface area contributed by atoms with Gasteiger partial charge >= 0.3 is 0 Å². The Kier molecular flexibility index (Phi) is 2.08. The first-order valence-corrected chi connectivity index (χ1v) is 5.89. The van der Waals surface area contributed by atoms with Gasteiger partial charge in [0.2, 0.25) is 0 Å². The van der Waals surface area contributed by atoms with Crippen LogP contribution in [0.1, 0.15) is 11.6 Å². The van der Waals surface area contributed by atoms with Gasteiger partial charge in [-0.1, -0.05) is 0 Å². The second kappa shape index (κ2) is 3.03. The maximum Gasteiger partial charge on any atom is 0.180 e. The van der Waals surface area contributed by atoms with Gasteiger partial charge in [0.05, 0.1) is 10.6 Å². The zero-order chi connectivity index (χ0) is 10.3. The first-order valence-electron chi connectivity index (χ1n) is 4.24. The van der Waals surface area contributed by atoms with E-state index in [1.807, 2.05) is 0 Å². The Balaban J connectivity index is 2.65. The molecule has 1 N–H and O–H groups in total. The molecule has 2 rings (SSSR count). The summed E-state index contributed by atoms with van der Waals surface area (Å²) < 4.78 is 36.0. The van der Waals surface area contributed by atoms with Crippen LogP contribution in [0, 0.1) is 5.82 Å². The fraction of sp³-hybridized carbons (Fsp3) is 0.333. The fourth-order valence-corrected chi connectivity index (χ4v) is 3.51. The van der Waals surface area contributed by atoms with E-state index in [1.165, 1.54) is 18.2 Å². The number of nitrogens with one attached hydrogen (secondary N) is 1. The summed E-state index contributed by atoms with van der Waals surface area (Å²) in [6.45, 7) is 0. The van der Waals surface area contributed by atoms with Crippen LogP contribution in [-0.4, -0.2) is 21.2 Å². The molecule has 0 aromatic heterocycles. The second-order valence-electron chi connectivity index (χ2n) is 3.30. The van der Waals surface area contributed by atoms with E-state index < -0.39 is 15.7 Å². The van der Waals surface area contributed by atoms with Gasteiger partial charge in [-0.3, -0.25) is 0 Å². The summed E-state index contributed by atoms with van der Waals surface area (Å²) in [6, 6.07) is 3.50. The van der Waals surface area contributed by atoms with Crippen LogP contribution in [0.2, 0.25) is 0 Å². The van der Waals surface area contributed by atoms with Gasteiger partial charge in [-0.25, -0.2) is 12.8 Å². The lowest BCUT2D eigenvalue weighted by Crippen LogP contribution is -2.17. The van der Waals surface area contributed by atoms with E-state index in [4.69, 9.17) is 0 Å². The standard InChI is InChI=1S/C9H10FNO2S/c1-11-8-5-14(12,13)9-3-2-6(10)4-7(8)9/h2-4,8,11H,5H2,1H3. The van der Waals surface area contributed by atoms with E-state index in [9.17, 15) is 12.8 Å². The molecular weight excluding hydrogens is 205 g/mol. The highest BCUT2D eigenvalue weighted by molar-refractivity contribution is 7.91. The van der Waals surface area contributed by atoms with Crippen molar-refractivity contribution in [3.8, 4) is 0 Å². The molecule has 0 fully saturated rings. The van der Waals surface area contributed by atoms with Gasteiger partial charge in [0.25, 0.3) is 0 Å². The van der Waals surface area contributed by atoms with Crippen molar-refractivity contribution in [1.82, 2.24) is 5.32 Å². The fourth-order valence-electron chi connectivity index (χ4n) is 1.71. The Morgan fingerprint density at radius 3 is 2.86 bits per heavy atom. The highest BCUT2D eigenvalue weighted by Crippen LogP contribution is 2.33. The monoisotopic (exact) mass is 215 g/mol. The van der Waals surface area contributed by atoms with E-state index in [2.05, 4.69) is 5.32 Å². The number of fused-ring (bicyclic) bond motifs is 1. The van der Waals surface area contributed by atoms with Crippen molar-refractivity contribution in [2.45, 2.75) is 10.9 Å². The number of halogens is 1. The average Bonchev–Trinajstić information content (AvgIpc) is 2.37. The summed E-state index contributed by atoms with van der Waals surface area (Å²) in [5.41, 5.74) is 0.535. The first kappa shape index (κ1) is 9.61. The summed E-state index contributed by atoms with van der Waals surface area (Å²) in [4.78, 5) is 0.248. The third kappa shape index (κ3) is 1.33. The molecule has 1 atom stereocenters. The van der Waals surface area contributed by atoms with Gasteiger partial charge in [0.15, 0.2) is 9.84 Å². The maximum absolute atomic E-state index is 12.9. The average molecular weight is 215 g/mol. The molecule has 0 spiro atoms. The van der Waals surface area contributed by atoms with Gasteiger partial charge in [-0.15, -0.1) is 0 Å². The molecule has 1 aliphatic rings. The molecule has 3 nitrogen and oxygen atoms in total. The molecular formula is C9H10FNO2S. The van der Waals surface area contributed by atoms with Crippen molar-refractivity contribution in [2.75, 3.05) is 12.8 Å². The Bertz CT molecular complexity index is 470. The zero-order valence-corrected chi connectivity index (χ0v) is 8.44. The molecule has 1 aromatic rings. The van der Waals surface area contributed by atoms with E-state index in [1.54, 1.807) is 7.05 Å². The predicted molar refractivity (Wildman–Crippen MR) is 50.3 cm³/mol. The minimum atomic E-state index is -3.21. The van der Waals surface area contributed by atoms with Crippen LogP contribution in [0.4, 0.5) is 4.39 Å². The van der Waals surface area contributed by atoms with Crippen LogP contribution in [0.15, 0.2) is 23.1 Å². The molecule has 1 unspecified atom stereocenters. The number of sulfone groups is 1.